The topological polar surface area (TPSA) is 41.6 Å². The van der Waals surface area contributed by atoms with Crippen molar-refractivity contribution in [3.8, 4) is 5.75 Å². The SMILES string of the molecule is C[C@H](CNC(=O)c1cccc(F)c1)Oc1cccc(CN2CCSCC2)c1. The predicted molar refractivity (Wildman–Crippen MR) is 108 cm³/mol. The van der Waals surface area contributed by atoms with E-state index in [2.05, 4.69) is 22.3 Å². The number of hydrogen-bond donors (Lipinski definition) is 1. The number of carbonyl (C=O) groups is 1. The number of benzene rings is 2. The first-order chi connectivity index (χ1) is 13.1. The summed E-state index contributed by atoms with van der Waals surface area (Å²) in [5.74, 6) is 2.46. The van der Waals surface area contributed by atoms with Gasteiger partial charge < -0.3 is 10.1 Å². The van der Waals surface area contributed by atoms with E-state index in [9.17, 15) is 9.18 Å². The Morgan fingerprint density at radius 1 is 1.22 bits per heavy atom. The van der Waals surface area contributed by atoms with Crippen molar-refractivity contribution in [1.29, 1.82) is 0 Å². The van der Waals surface area contributed by atoms with E-state index < -0.39 is 5.82 Å². The van der Waals surface area contributed by atoms with Crippen LogP contribution in [0.3, 0.4) is 0 Å². The van der Waals surface area contributed by atoms with Crippen LogP contribution in [0.4, 0.5) is 4.39 Å². The van der Waals surface area contributed by atoms with Crippen molar-refractivity contribution in [2.24, 2.45) is 0 Å². The quantitative estimate of drug-likeness (QED) is 0.787. The van der Waals surface area contributed by atoms with Crippen LogP contribution in [0.1, 0.15) is 22.8 Å². The molecule has 1 heterocycles. The van der Waals surface area contributed by atoms with Gasteiger partial charge in [-0.1, -0.05) is 18.2 Å². The second kappa shape index (κ2) is 9.76. The first-order valence-corrected chi connectivity index (χ1v) is 10.3. The molecule has 1 saturated heterocycles. The van der Waals surface area contributed by atoms with Gasteiger partial charge in [0.15, 0.2) is 0 Å². The fourth-order valence-electron chi connectivity index (χ4n) is 2.98. The third-order valence-corrected chi connectivity index (χ3v) is 5.32. The van der Waals surface area contributed by atoms with E-state index in [4.69, 9.17) is 4.74 Å². The summed E-state index contributed by atoms with van der Waals surface area (Å²) in [5, 5.41) is 2.79. The minimum atomic E-state index is -0.420. The highest BCUT2D eigenvalue weighted by Gasteiger charge is 2.12. The van der Waals surface area contributed by atoms with Gasteiger partial charge in [0.2, 0.25) is 0 Å². The molecule has 0 bridgehead atoms. The molecular formula is C21H25FN2O2S. The summed E-state index contributed by atoms with van der Waals surface area (Å²) in [6.45, 7) is 5.43. The zero-order valence-electron chi connectivity index (χ0n) is 15.5. The number of rotatable bonds is 7. The van der Waals surface area contributed by atoms with Gasteiger partial charge in [0, 0.05) is 36.7 Å². The van der Waals surface area contributed by atoms with Crippen LogP contribution in [0.25, 0.3) is 0 Å². The highest BCUT2D eigenvalue weighted by Crippen LogP contribution is 2.18. The smallest absolute Gasteiger partial charge is 0.251 e. The maximum Gasteiger partial charge on any atom is 0.251 e. The van der Waals surface area contributed by atoms with Gasteiger partial charge in [-0.2, -0.15) is 11.8 Å². The third kappa shape index (κ3) is 6.26. The summed E-state index contributed by atoms with van der Waals surface area (Å²) in [6.07, 6.45) is -0.191. The minimum absolute atomic E-state index is 0.191. The molecule has 0 aliphatic carbocycles. The van der Waals surface area contributed by atoms with E-state index in [1.165, 1.54) is 35.3 Å². The summed E-state index contributed by atoms with van der Waals surface area (Å²) >= 11 is 2.01. The summed E-state index contributed by atoms with van der Waals surface area (Å²) in [4.78, 5) is 14.5. The Kier molecular flexibility index (Phi) is 7.12. The summed E-state index contributed by atoms with van der Waals surface area (Å²) in [5.41, 5.74) is 1.54. The van der Waals surface area contributed by atoms with Crippen molar-refractivity contribution in [2.45, 2.75) is 19.6 Å². The van der Waals surface area contributed by atoms with E-state index in [1.54, 1.807) is 6.07 Å². The van der Waals surface area contributed by atoms with Crippen LogP contribution in [0.2, 0.25) is 0 Å². The van der Waals surface area contributed by atoms with Crippen LogP contribution in [-0.2, 0) is 6.54 Å². The standard InChI is InChI=1S/C21H25FN2O2S/c1-16(14-23-21(25)18-5-3-6-19(22)13-18)26-20-7-2-4-17(12-20)15-24-8-10-27-11-9-24/h2-7,12-13,16H,8-11,14-15H2,1H3,(H,23,25)/t16-/m1/s1. The Balaban J connectivity index is 1.49. The summed E-state index contributed by atoms with van der Waals surface area (Å²) < 4.78 is 19.2. The number of hydrogen-bond acceptors (Lipinski definition) is 4. The Labute approximate surface area is 164 Å². The Bertz CT molecular complexity index is 765. The van der Waals surface area contributed by atoms with Gasteiger partial charge in [-0.25, -0.2) is 4.39 Å². The Hall–Kier alpha value is -2.05. The van der Waals surface area contributed by atoms with E-state index >= 15 is 0 Å². The maximum atomic E-state index is 13.2. The number of thioether (sulfide) groups is 1. The number of nitrogens with one attached hydrogen (secondary N) is 1. The first-order valence-electron chi connectivity index (χ1n) is 9.19. The number of amides is 1. The van der Waals surface area contributed by atoms with Crippen LogP contribution in [0.15, 0.2) is 48.5 Å². The second-order valence-corrected chi connectivity index (χ2v) is 7.91. The Morgan fingerprint density at radius 3 is 2.78 bits per heavy atom. The van der Waals surface area contributed by atoms with Gasteiger partial charge in [-0.15, -0.1) is 0 Å². The van der Waals surface area contributed by atoms with Crippen molar-refractivity contribution in [1.82, 2.24) is 10.2 Å². The molecule has 1 atom stereocenters. The molecule has 27 heavy (non-hydrogen) atoms. The van der Waals surface area contributed by atoms with E-state index in [0.717, 1.165) is 25.4 Å². The molecule has 2 aromatic rings. The van der Waals surface area contributed by atoms with Crippen LogP contribution < -0.4 is 10.1 Å². The molecule has 1 aliphatic rings. The predicted octanol–water partition coefficient (Wildman–Crippen LogP) is 3.57. The molecular weight excluding hydrogens is 363 g/mol. The molecule has 3 rings (SSSR count). The molecule has 0 unspecified atom stereocenters. The van der Waals surface area contributed by atoms with Crippen LogP contribution >= 0.6 is 11.8 Å². The third-order valence-electron chi connectivity index (χ3n) is 4.38. The van der Waals surface area contributed by atoms with Crippen molar-refractivity contribution in [2.75, 3.05) is 31.1 Å². The molecule has 1 amide bonds. The second-order valence-electron chi connectivity index (χ2n) is 6.68. The molecule has 0 saturated carbocycles. The molecule has 144 valence electrons. The molecule has 4 nitrogen and oxygen atoms in total. The lowest BCUT2D eigenvalue weighted by molar-refractivity contribution is 0.0931. The van der Waals surface area contributed by atoms with Crippen molar-refractivity contribution >= 4 is 17.7 Å². The van der Waals surface area contributed by atoms with Crippen molar-refractivity contribution in [3.63, 3.8) is 0 Å². The number of halogens is 1. The van der Waals surface area contributed by atoms with E-state index in [1.807, 2.05) is 30.8 Å². The summed E-state index contributed by atoms with van der Waals surface area (Å²) in [7, 11) is 0. The van der Waals surface area contributed by atoms with Crippen LogP contribution in [0.5, 0.6) is 5.75 Å². The molecule has 1 aliphatic heterocycles. The van der Waals surface area contributed by atoms with Crippen LogP contribution in [-0.4, -0.2) is 48.1 Å². The van der Waals surface area contributed by atoms with Gasteiger partial charge in [0.25, 0.3) is 5.91 Å². The lowest BCUT2D eigenvalue weighted by Crippen LogP contribution is -2.33. The van der Waals surface area contributed by atoms with Crippen molar-refractivity contribution < 1.29 is 13.9 Å². The first kappa shape index (κ1) is 19.7. The normalized spacial score (nSPS) is 15.9. The average molecular weight is 389 g/mol. The molecule has 1 N–H and O–H groups in total. The van der Waals surface area contributed by atoms with Gasteiger partial charge in [-0.05, 0) is 42.8 Å². The zero-order chi connectivity index (χ0) is 19.1. The highest BCUT2D eigenvalue weighted by atomic mass is 32.2. The molecule has 2 aromatic carbocycles. The molecule has 0 aromatic heterocycles. The maximum absolute atomic E-state index is 13.2. The number of carbonyl (C=O) groups excluding carboxylic acids is 1. The zero-order valence-corrected chi connectivity index (χ0v) is 16.3. The lowest BCUT2D eigenvalue weighted by Gasteiger charge is -2.26. The largest absolute Gasteiger partial charge is 0.489 e. The van der Waals surface area contributed by atoms with Crippen LogP contribution in [0, 0.1) is 5.82 Å². The lowest BCUT2D eigenvalue weighted by atomic mass is 10.2. The monoisotopic (exact) mass is 388 g/mol. The van der Waals surface area contributed by atoms with Gasteiger partial charge in [0.05, 0.1) is 6.54 Å². The summed E-state index contributed by atoms with van der Waals surface area (Å²) in [6, 6.07) is 13.8. The molecule has 0 spiro atoms. The highest BCUT2D eigenvalue weighted by molar-refractivity contribution is 7.99. The van der Waals surface area contributed by atoms with E-state index in [-0.39, 0.29) is 12.0 Å². The average Bonchev–Trinajstić information content (AvgIpc) is 2.67. The number of nitrogens with zero attached hydrogens (tertiary/aromatic N) is 1. The van der Waals surface area contributed by atoms with Gasteiger partial charge in [0.1, 0.15) is 17.7 Å². The van der Waals surface area contributed by atoms with E-state index in [0.29, 0.717) is 12.1 Å². The van der Waals surface area contributed by atoms with Gasteiger partial charge >= 0.3 is 0 Å². The fourth-order valence-corrected chi connectivity index (χ4v) is 3.96. The molecule has 0 radical (unpaired) electrons. The fraction of sp³-hybridized carbons (Fsp3) is 0.381. The Morgan fingerprint density at radius 2 is 2.00 bits per heavy atom. The molecule has 6 heteroatoms. The number of ether oxygens (including phenoxy) is 1. The minimum Gasteiger partial charge on any atom is -0.489 e. The van der Waals surface area contributed by atoms with Crippen molar-refractivity contribution in [3.05, 3.63) is 65.5 Å². The van der Waals surface area contributed by atoms with Gasteiger partial charge in [-0.3, -0.25) is 9.69 Å². The molecule has 1 fully saturated rings.